The Morgan fingerprint density at radius 2 is 2.35 bits per heavy atom. The molecule has 0 radical (unpaired) electrons. The van der Waals surface area contributed by atoms with E-state index in [2.05, 4.69) is 22.4 Å². The van der Waals surface area contributed by atoms with Crippen LogP contribution in [0.2, 0.25) is 0 Å². The van der Waals surface area contributed by atoms with Gasteiger partial charge in [-0.3, -0.25) is 0 Å². The molecule has 1 aromatic heterocycles. The zero-order chi connectivity index (χ0) is 12.1. The zero-order valence-corrected chi connectivity index (χ0v) is 10.6. The molecule has 1 fully saturated rings. The van der Waals surface area contributed by atoms with E-state index in [1.165, 1.54) is 12.8 Å². The SMILES string of the molecule is COCCC(C)NCCc1nc(C2CC2)no1. The number of hydrogen-bond donors (Lipinski definition) is 1. The van der Waals surface area contributed by atoms with Gasteiger partial charge in [0.1, 0.15) is 0 Å². The maximum atomic E-state index is 5.20. The summed E-state index contributed by atoms with van der Waals surface area (Å²) >= 11 is 0. The normalized spacial score (nSPS) is 17.3. The topological polar surface area (TPSA) is 60.2 Å². The van der Waals surface area contributed by atoms with Crippen molar-refractivity contribution in [1.82, 2.24) is 15.5 Å². The van der Waals surface area contributed by atoms with E-state index in [0.29, 0.717) is 12.0 Å². The lowest BCUT2D eigenvalue weighted by molar-refractivity contribution is 0.185. The van der Waals surface area contributed by atoms with Crippen molar-refractivity contribution in [3.05, 3.63) is 11.7 Å². The lowest BCUT2D eigenvalue weighted by Gasteiger charge is -2.11. The van der Waals surface area contributed by atoms with Gasteiger partial charge < -0.3 is 14.6 Å². The average molecular weight is 239 g/mol. The van der Waals surface area contributed by atoms with Gasteiger partial charge >= 0.3 is 0 Å². The van der Waals surface area contributed by atoms with Gasteiger partial charge in [-0.15, -0.1) is 0 Å². The van der Waals surface area contributed by atoms with E-state index in [0.717, 1.165) is 37.7 Å². The third kappa shape index (κ3) is 4.09. The minimum absolute atomic E-state index is 0.459. The van der Waals surface area contributed by atoms with Crippen molar-refractivity contribution in [1.29, 1.82) is 0 Å². The fourth-order valence-electron chi connectivity index (χ4n) is 1.70. The molecule has 1 atom stereocenters. The number of hydrogen-bond acceptors (Lipinski definition) is 5. The predicted octanol–water partition coefficient (Wildman–Crippen LogP) is 1.50. The minimum atomic E-state index is 0.459. The second-order valence-electron chi connectivity index (χ2n) is 4.71. The number of methoxy groups -OCH3 is 1. The van der Waals surface area contributed by atoms with Crippen LogP contribution in [0.15, 0.2) is 4.52 Å². The van der Waals surface area contributed by atoms with Crippen molar-refractivity contribution in [2.24, 2.45) is 0 Å². The van der Waals surface area contributed by atoms with Gasteiger partial charge in [-0.2, -0.15) is 4.98 Å². The van der Waals surface area contributed by atoms with Crippen molar-refractivity contribution in [3.8, 4) is 0 Å². The molecule has 0 bridgehead atoms. The molecule has 5 heteroatoms. The van der Waals surface area contributed by atoms with Gasteiger partial charge in [-0.25, -0.2) is 0 Å². The third-order valence-electron chi connectivity index (χ3n) is 3.01. The first kappa shape index (κ1) is 12.5. The second kappa shape index (κ2) is 6.12. The van der Waals surface area contributed by atoms with Crippen LogP contribution in [0.5, 0.6) is 0 Å². The molecule has 1 N–H and O–H groups in total. The summed E-state index contributed by atoms with van der Waals surface area (Å²) in [5, 5.41) is 7.40. The number of aromatic nitrogens is 2. The second-order valence-corrected chi connectivity index (χ2v) is 4.71. The number of ether oxygens (including phenoxy) is 1. The lowest BCUT2D eigenvalue weighted by atomic mass is 10.2. The fourth-order valence-corrected chi connectivity index (χ4v) is 1.70. The number of nitrogens with zero attached hydrogens (tertiary/aromatic N) is 2. The largest absolute Gasteiger partial charge is 0.385 e. The summed E-state index contributed by atoms with van der Waals surface area (Å²) in [6.45, 7) is 3.82. The van der Waals surface area contributed by atoms with E-state index in [1.54, 1.807) is 7.11 Å². The Kier molecular flexibility index (Phi) is 4.50. The molecule has 1 aliphatic rings. The molecule has 0 saturated heterocycles. The van der Waals surface area contributed by atoms with Gasteiger partial charge in [0.05, 0.1) is 0 Å². The van der Waals surface area contributed by atoms with Gasteiger partial charge in [0.2, 0.25) is 5.89 Å². The van der Waals surface area contributed by atoms with Crippen molar-refractivity contribution >= 4 is 0 Å². The molecule has 17 heavy (non-hydrogen) atoms. The molecule has 0 spiro atoms. The molecule has 5 nitrogen and oxygen atoms in total. The van der Waals surface area contributed by atoms with Crippen LogP contribution in [0.1, 0.15) is 43.8 Å². The summed E-state index contributed by atoms with van der Waals surface area (Å²) in [6, 6.07) is 0.459. The van der Waals surface area contributed by atoms with Gasteiger partial charge in [0.25, 0.3) is 0 Å². The molecule has 1 aliphatic carbocycles. The first-order valence-corrected chi connectivity index (χ1v) is 6.34. The maximum Gasteiger partial charge on any atom is 0.227 e. The molecular weight excluding hydrogens is 218 g/mol. The Hall–Kier alpha value is -0.940. The molecule has 0 amide bonds. The van der Waals surface area contributed by atoms with Gasteiger partial charge in [-0.1, -0.05) is 5.16 Å². The molecule has 1 aromatic rings. The molecule has 96 valence electrons. The summed E-state index contributed by atoms with van der Waals surface area (Å²) in [5.41, 5.74) is 0. The average Bonchev–Trinajstić information content (AvgIpc) is 3.07. The molecule has 1 saturated carbocycles. The van der Waals surface area contributed by atoms with Crippen molar-refractivity contribution in [3.63, 3.8) is 0 Å². The predicted molar refractivity (Wildman–Crippen MR) is 63.9 cm³/mol. The highest BCUT2D eigenvalue weighted by atomic mass is 16.5. The highest BCUT2D eigenvalue weighted by Crippen LogP contribution is 2.38. The highest BCUT2D eigenvalue weighted by Gasteiger charge is 2.28. The van der Waals surface area contributed by atoms with E-state index in [9.17, 15) is 0 Å². The van der Waals surface area contributed by atoms with Crippen LogP contribution in [0.25, 0.3) is 0 Å². The summed E-state index contributed by atoms with van der Waals surface area (Å²) in [5.74, 6) is 2.21. The van der Waals surface area contributed by atoms with Crippen molar-refractivity contribution in [2.75, 3.05) is 20.3 Å². The lowest BCUT2D eigenvalue weighted by Crippen LogP contribution is -2.29. The minimum Gasteiger partial charge on any atom is -0.385 e. The van der Waals surface area contributed by atoms with E-state index < -0.39 is 0 Å². The van der Waals surface area contributed by atoms with E-state index in [-0.39, 0.29) is 0 Å². The Bertz CT molecular complexity index is 336. The molecule has 1 heterocycles. The number of nitrogens with one attached hydrogen (secondary N) is 1. The van der Waals surface area contributed by atoms with Crippen LogP contribution in [0, 0.1) is 0 Å². The smallest absolute Gasteiger partial charge is 0.227 e. The first-order chi connectivity index (χ1) is 8.29. The monoisotopic (exact) mass is 239 g/mol. The van der Waals surface area contributed by atoms with Crippen LogP contribution in [0.3, 0.4) is 0 Å². The van der Waals surface area contributed by atoms with Crippen LogP contribution >= 0.6 is 0 Å². The molecular formula is C12H21N3O2. The van der Waals surface area contributed by atoms with Crippen LogP contribution in [0.4, 0.5) is 0 Å². The summed E-state index contributed by atoms with van der Waals surface area (Å²) in [7, 11) is 1.73. The van der Waals surface area contributed by atoms with E-state index in [1.807, 2.05) is 0 Å². The van der Waals surface area contributed by atoms with Crippen LogP contribution in [-0.4, -0.2) is 36.4 Å². The third-order valence-corrected chi connectivity index (χ3v) is 3.01. The van der Waals surface area contributed by atoms with Crippen LogP contribution < -0.4 is 5.32 Å². The molecule has 0 aromatic carbocycles. The highest BCUT2D eigenvalue weighted by molar-refractivity contribution is 5.03. The molecule has 0 aliphatic heterocycles. The summed E-state index contributed by atoms with van der Waals surface area (Å²) in [6.07, 6.45) is 4.25. The van der Waals surface area contributed by atoms with Crippen molar-refractivity contribution < 1.29 is 9.26 Å². The molecule has 2 rings (SSSR count). The standard InChI is InChI=1S/C12H21N3O2/c1-9(6-8-16-2)13-7-5-11-14-12(15-17-11)10-3-4-10/h9-10,13H,3-8H2,1-2H3. The number of rotatable bonds is 8. The van der Waals surface area contributed by atoms with Gasteiger partial charge in [-0.05, 0) is 26.2 Å². The van der Waals surface area contributed by atoms with Gasteiger partial charge in [0.15, 0.2) is 5.82 Å². The van der Waals surface area contributed by atoms with Crippen LogP contribution in [-0.2, 0) is 11.2 Å². The Morgan fingerprint density at radius 3 is 3.06 bits per heavy atom. The Balaban J connectivity index is 1.63. The summed E-state index contributed by atoms with van der Waals surface area (Å²) in [4.78, 5) is 4.39. The van der Waals surface area contributed by atoms with Gasteiger partial charge in [0, 0.05) is 38.6 Å². The fraction of sp³-hybridized carbons (Fsp3) is 0.833. The first-order valence-electron chi connectivity index (χ1n) is 6.34. The Morgan fingerprint density at radius 1 is 1.53 bits per heavy atom. The summed E-state index contributed by atoms with van der Waals surface area (Å²) < 4.78 is 10.2. The maximum absolute atomic E-state index is 5.20. The Labute approximate surface area is 102 Å². The van der Waals surface area contributed by atoms with E-state index in [4.69, 9.17) is 9.26 Å². The zero-order valence-electron chi connectivity index (χ0n) is 10.6. The van der Waals surface area contributed by atoms with Crippen molar-refractivity contribution in [2.45, 2.75) is 44.6 Å². The molecule has 1 unspecified atom stereocenters. The van der Waals surface area contributed by atoms with E-state index >= 15 is 0 Å². The quantitative estimate of drug-likeness (QED) is 0.745.